The predicted molar refractivity (Wildman–Crippen MR) is 49.3 cm³/mol. The summed E-state index contributed by atoms with van der Waals surface area (Å²) >= 11 is 0. The van der Waals surface area contributed by atoms with E-state index in [1.54, 1.807) is 13.8 Å². The Kier molecular flexibility index (Phi) is 9.96. The van der Waals surface area contributed by atoms with Gasteiger partial charge in [0.15, 0.2) is 0 Å². The third-order valence-corrected chi connectivity index (χ3v) is 3.40. The van der Waals surface area contributed by atoms with Crippen LogP contribution in [-0.2, 0) is 10.1 Å². The molecule has 0 aliphatic rings. The average molecular weight is 232 g/mol. The maximum absolute atomic E-state index is 10.6. The van der Waals surface area contributed by atoms with Gasteiger partial charge in [0.2, 0.25) is 0 Å². The number of hydrogen-bond acceptors (Lipinski definition) is 4. The molecule has 0 aliphatic carbocycles. The summed E-state index contributed by atoms with van der Waals surface area (Å²) in [6.07, 6.45) is 1.41. The zero-order valence-electron chi connectivity index (χ0n) is 9.06. The summed E-state index contributed by atoms with van der Waals surface area (Å²) in [5.41, 5.74) is 0. The first kappa shape index (κ1) is 17.3. The summed E-state index contributed by atoms with van der Waals surface area (Å²) in [5.74, 6) is 0. The van der Waals surface area contributed by atoms with Gasteiger partial charge in [-0.15, -0.1) is 0 Å². The SMILES string of the molecule is CCC(CCCC(C)O)S(=O)(=O)[O-].[Na+]. The van der Waals surface area contributed by atoms with Gasteiger partial charge in [0.1, 0.15) is 0 Å². The van der Waals surface area contributed by atoms with Crippen LogP contribution in [0.25, 0.3) is 0 Å². The van der Waals surface area contributed by atoms with Crippen LogP contribution < -0.4 is 29.6 Å². The molecule has 4 nitrogen and oxygen atoms in total. The molecule has 0 bridgehead atoms. The molecule has 0 saturated carbocycles. The van der Waals surface area contributed by atoms with E-state index in [4.69, 9.17) is 5.11 Å². The molecule has 6 heteroatoms. The van der Waals surface area contributed by atoms with E-state index in [1.807, 2.05) is 0 Å². The fraction of sp³-hybridized carbons (Fsp3) is 1.00. The van der Waals surface area contributed by atoms with E-state index in [0.717, 1.165) is 0 Å². The average Bonchev–Trinajstić information content (AvgIpc) is 1.95. The molecule has 0 aromatic rings. The van der Waals surface area contributed by atoms with Crippen molar-refractivity contribution in [3.05, 3.63) is 0 Å². The van der Waals surface area contributed by atoms with Crippen LogP contribution in [-0.4, -0.2) is 29.4 Å². The number of aliphatic hydroxyl groups excluding tert-OH is 1. The molecule has 2 atom stereocenters. The third kappa shape index (κ3) is 8.20. The Morgan fingerprint density at radius 2 is 1.86 bits per heavy atom. The second kappa shape index (κ2) is 8.07. The molecule has 80 valence electrons. The van der Waals surface area contributed by atoms with Crippen molar-refractivity contribution in [2.75, 3.05) is 0 Å². The van der Waals surface area contributed by atoms with Gasteiger partial charge in [-0.25, -0.2) is 8.42 Å². The standard InChI is InChI=1S/C8H18O4S.Na/c1-3-8(13(10,11)12)6-4-5-7(2)9;/h7-9H,3-6H2,1-2H3,(H,10,11,12);/q;+1/p-1. The Balaban J connectivity index is 0. The van der Waals surface area contributed by atoms with Crippen LogP contribution >= 0.6 is 0 Å². The topological polar surface area (TPSA) is 77.4 Å². The molecule has 0 aliphatic heterocycles. The van der Waals surface area contributed by atoms with E-state index in [-0.39, 0.29) is 29.6 Å². The van der Waals surface area contributed by atoms with E-state index in [1.165, 1.54) is 0 Å². The Morgan fingerprint density at radius 1 is 1.36 bits per heavy atom. The van der Waals surface area contributed by atoms with Crippen LogP contribution in [0.3, 0.4) is 0 Å². The maximum Gasteiger partial charge on any atom is 1.00 e. The van der Waals surface area contributed by atoms with Gasteiger partial charge < -0.3 is 9.66 Å². The molecule has 1 N–H and O–H groups in total. The Hall–Kier alpha value is 0.870. The second-order valence-electron chi connectivity index (χ2n) is 3.30. The zero-order valence-corrected chi connectivity index (χ0v) is 11.9. The Morgan fingerprint density at radius 3 is 2.14 bits per heavy atom. The van der Waals surface area contributed by atoms with Crippen LogP contribution in [0, 0.1) is 0 Å². The monoisotopic (exact) mass is 232 g/mol. The number of rotatable bonds is 6. The number of hydrogen-bond donors (Lipinski definition) is 1. The van der Waals surface area contributed by atoms with Crippen molar-refractivity contribution < 1.29 is 47.6 Å². The van der Waals surface area contributed by atoms with Gasteiger partial charge in [0.25, 0.3) is 0 Å². The van der Waals surface area contributed by atoms with E-state index in [2.05, 4.69) is 0 Å². The van der Waals surface area contributed by atoms with Crippen molar-refractivity contribution >= 4 is 10.1 Å². The predicted octanol–water partition coefficient (Wildman–Crippen LogP) is -2.13. The first-order valence-electron chi connectivity index (χ1n) is 4.50. The Bertz CT molecular complexity index is 225. The summed E-state index contributed by atoms with van der Waals surface area (Å²) in [7, 11) is -4.14. The Labute approximate surface area is 108 Å². The van der Waals surface area contributed by atoms with Crippen molar-refractivity contribution in [3.63, 3.8) is 0 Å². The molecule has 0 heterocycles. The van der Waals surface area contributed by atoms with Crippen LogP contribution in [0.5, 0.6) is 0 Å². The van der Waals surface area contributed by atoms with Crippen molar-refractivity contribution in [1.29, 1.82) is 0 Å². The summed E-state index contributed by atoms with van der Waals surface area (Å²) < 4.78 is 31.9. The molecule has 0 fully saturated rings. The molecule has 0 radical (unpaired) electrons. The molecule has 14 heavy (non-hydrogen) atoms. The third-order valence-electron chi connectivity index (χ3n) is 2.01. The van der Waals surface area contributed by atoms with Crippen molar-refractivity contribution in [1.82, 2.24) is 0 Å². The first-order chi connectivity index (χ1) is 5.88. The van der Waals surface area contributed by atoms with E-state index >= 15 is 0 Å². The molecule has 0 aromatic carbocycles. The van der Waals surface area contributed by atoms with Gasteiger partial charge in [-0.3, -0.25) is 0 Å². The minimum Gasteiger partial charge on any atom is -0.748 e. The molecule has 0 spiro atoms. The molecule has 0 amide bonds. The van der Waals surface area contributed by atoms with E-state index < -0.39 is 21.5 Å². The van der Waals surface area contributed by atoms with Gasteiger partial charge >= 0.3 is 29.6 Å². The molecular weight excluding hydrogens is 215 g/mol. The van der Waals surface area contributed by atoms with Crippen LogP contribution in [0.2, 0.25) is 0 Å². The van der Waals surface area contributed by atoms with E-state index in [9.17, 15) is 13.0 Å². The van der Waals surface area contributed by atoms with Crippen molar-refractivity contribution in [2.24, 2.45) is 0 Å². The summed E-state index contributed by atoms with van der Waals surface area (Å²) in [4.78, 5) is 0. The van der Waals surface area contributed by atoms with Gasteiger partial charge in [0, 0.05) is 5.25 Å². The van der Waals surface area contributed by atoms with E-state index in [0.29, 0.717) is 25.7 Å². The quantitative estimate of drug-likeness (QED) is 0.419. The second-order valence-corrected chi connectivity index (χ2v) is 4.96. The summed E-state index contributed by atoms with van der Waals surface area (Å²) in [6.45, 7) is 3.33. The molecular formula is C8H17NaO4S. The minimum atomic E-state index is -4.14. The van der Waals surface area contributed by atoms with Crippen LogP contribution in [0.15, 0.2) is 0 Å². The van der Waals surface area contributed by atoms with Gasteiger partial charge in [-0.05, 0) is 32.6 Å². The van der Waals surface area contributed by atoms with Crippen molar-refractivity contribution in [3.8, 4) is 0 Å². The fourth-order valence-electron chi connectivity index (χ4n) is 1.19. The fourth-order valence-corrected chi connectivity index (χ4v) is 2.06. The maximum atomic E-state index is 10.6. The zero-order chi connectivity index (χ0) is 10.5. The molecule has 0 aromatic heterocycles. The molecule has 0 saturated heterocycles. The van der Waals surface area contributed by atoms with Crippen LogP contribution in [0.4, 0.5) is 0 Å². The normalized spacial score (nSPS) is 15.7. The first-order valence-corrected chi connectivity index (χ1v) is 5.97. The van der Waals surface area contributed by atoms with Crippen molar-refractivity contribution in [2.45, 2.75) is 50.9 Å². The smallest absolute Gasteiger partial charge is 0.748 e. The minimum absolute atomic E-state index is 0. The summed E-state index contributed by atoms with van der Waals surface area (Å²) in [6, 6.07) is 0. The van der Waals surface area contributed by atoms with Gasteiger partial charge in [-0.1, -0.05) is 6.92 Å². The van der Waals surface area contributed by atoms with Gasteiger partial charge in [-0.2, -0.15) is 0 Å². The molecule has 2 unspecified atom stereocenters. The van der Waals surface area contributed by atoms with Gasteiger partial charge in [0.05, 0.1) is 16.2 Å². The van der Waals surface area contributed by atoms with Crippen LogP contribution in [0.1, 0.15) is 39.5 Å². The summed E-state index contributed by atoms with van der Waals surface area (Å²) in [5, 5.41) is 8.13. The molecule has 0 rings (SSSR count). The number of aliphatic hydroxyl groups is 1. The largest absolute Gasteiger partial charge is 1.00 e.